The molecular weight excluding hydrogens is 391 g/mol. The van der Waals surface area contributed by atoms with E-state index < -0.39 is 23.8 Å². The third-order valence-corrected chi connectivity index (χ3v) is 5.20. The van der Waals surface area contributed by atoms with Gasteiger partial charge in [0.15, 0.2) is 6.10 Å². The molecule has 7 heteroatoms. The minimum atomic E-state index is -1.01. The first-order valence-corrected chi connectivity index (χ1v) is 10.1. The fourth-order valence-electron chi connectivity index (χ4n) is 2.65. The molecule has 150 valence electrons. The third kappa shape index (κ3) is 5.71. The number of amides is 1. The Morgan fingerprint density at radius 2 is 1.97 bits per heavy atom. The van der Waals surface area contributed by atoms with E-state index in [2.05, 4.69) is 29.4 Å². The molecule has 3 rings (SSSR count). The van der Waals surface area contributed by atoms with Crippen molar-refractivity contribution in [2.45, 2.75) is 32.8 Å². The minimum absolute atomic E-state index is 0.0267. The van der Waals surface area contributed by atoms with Crippen molar-refractivity contribution in [2.75, 3.05) is 5.32 Å². The lowest BCUT2D eigenvalue weighted by molar-refractivity contribution is -0.152. The molecule has 0 unspecified atom stereocenters. The van der Waals surface area contributed by atoms with Gasteiger partial charge in [-0.1, -0.05) is 37.3 Å². The van der Waals surface area contributed by atoms with Gasteiger partial charge < -0.3 is 10.1 Å². The molecule has 0 radical (unpaired) electrons. The minimum Gasteiger partial charge on any atom is -0.452 e. The van der Waals surface area contributed by atoms with E-state index in [4.69, 9.17) is 4.74 Å². The van der Waals surface area contributed by atoms with Gasteiger partial charge in [0.2, 0.25) is 0 Å². The fraction of sp³-hybridized carbons (Fsp3) is 0.227. The molecule has 0 saturated carbocycles. The monoisotopic (exact) mass is 412 g/mol. The van der Waals surface area contributed by atoms with Crippen molar-refractivity contribution in [1.29, 1.82) is 0 Å². The molecule has 1 atom stereocenters. The number of hydrogen-bond acceptors (Lipinski definition) is 5. The van der Waals surface area contributed by atoms with Crippen LogP contribution in [-0.2, 0) is 27.2 Å². The predicted molar refractivity (Wildman–Crippen MR) is 111 cm³/mol. The summed E-state index contributed by atoms with van der Waals surface area (Å²) in [7, 11) is 0. The van der Waals surface area contributed by atoms with Crippen LogP contribution in [-0.4, -0.2) is 23.0 Å². The van der Waals surface area contributed by atoms with Gasteiger partial charge in [-0.3, -0.25) is 9.59 Å². The van der Waals surface area contributed by atoms with E-state index in [1.54, 1.807) is 6.07 Å². The summed E-state index contributed by atoms with van der Waals surface area (Å²) in [6, 6.07) is 13.6. The SMILES string of the molecule is CCc1ccc(-c2nc(CC(=O)O[C@@H](C)C(=O)Nc3cccc(F)c3)cs2)cc1. The number of carbonyl (C=O) groups is 2. The Morgan fingerprint density at radius 1 is 1.21 bits per heavy atom. The Hall–Kier alpha value is -3.06. The molecule has 1 amide bonds. The number of hydrogen-bond donors (Lipinski definition) is 1. The zero-order chi connectivity index (χ0) is 20.8. The average molecular weight is 412 g/mol. The zero-order valence-electron chi connectivity index (χ0n) is 16.1. The number of carbonyl (C=O) groups excluding carboxylic acids is 2. The number of rotatable bonds is 7. The molecule has 0 aliphatic rings. The van der Waals surface area contributed by atoms with Gasteiger partial charge in [0.05, 0.1) is 12.1 Å². The Labute approximate surface area is 172 Å². The maximum Gasteiger partial charge on any atom is 0.312 e. The number of benzene rings is 2. The highest BCUT2D eigenvalue weighted by molar-refractivity contribution is 7.13. The topological polar surface area (TPSA) is 68.3 Å². The Kier molecular flexibility index (Phi) is 6.72. The average Bonchev–Trinajstić information content (AvgIpc) is 3.16. The molecule has 0 bridgehead atoms. The van der Waals surface area contributed by atoms with Crippen LogP contribution in [0.5, 0.6) is 0 Å². The maximum absolute atomic E-state index is 13.2. The lowest BCUT2D eigenvalue weighted by Crippen LogP contribution is -2.30. The molecule has 0 aliphatic carbocycles. The molecule has 0 aliphatic heterocycles. The third-order valence-electron chi connectivity index (χ3n) is 4.26. The zero-order valence-corrected chi connectivity index (χ0v) is 17.0. The number of halogens is 1. The number of esters is 1. The van der Waals surface area contributed by atoms with Crippen molar-refractivity contribution in [3.05, 3.63) is 71.0 Å². The maximum atomic E-state index is 13.2. The Bertz CT molecular complexity index is 1000. The first-order chi connectivity index (χ1) is 13.9. The van der Waals surface area contributed by atoms with E-state index in [-0.39, 0.29) is 6.42 Å². The Balaban J connectivity index is 1.54. The summed E-state index contributed by atoms with van der Waals surface area (Å²) in [6.07, 6.45) is -0.0631. The normalized spacial score (nSPS) is 11.7. The van der Waals surface area contributed by atoms with Crippen LogP contribution < -0.4 is 5.32 Å². The predicted octanol–water partition coefficient (Wildman–Crippen LogP) is 4.62. The van der Waals surface area contributed by atoms with Crippen molar-refractivity contribution >= 4 is 28.9 Å². The van der Waals surface area contributed by atoms with Crippen LogP contribution in [0.2, 0.25) is 0 Å². The van der Waals surface area contributed by atoms with Gasteiger partial charge in [-0.05, 0) is 37.1 Å². The molecule has 1 aromatic heterocycles. The van der Waals surface area contributed by atoms with E-state index in [1.807, 2.05) is 17.5 Å². The number of nitrogens with zero attached hydrogens (tertiary/aromatic N) is 1. The standard InChI is InChI=1S/C22H21FN2O3S/c1-3-15-7-9-16(10-8-15)22-25-19(13-29-22)12-20(26)28-14(2)21(27)24-18-6-4-5-17(23)11-18/h4-11,13-14H,3,12H2,1-2H3,(H,24,27)/t14-/m0/s1. The highest BCUT2D eigenvalue weighted by Gasteiger charge is 2.19. The molecule has 0 spiro atoms. The lowest BCUT2D eigenvalue weighted by Gasteiger charge is -2.13. The number of anilines is 1. The van der Waals surface area contributed by atoms with Crippen LogP contribution in [0.25, 0.3) is 10.6 Å². The second-order valence-corrected chi connectivity index (χ2v) is 7.36. The van der Waals surface area contributed by atoms with E-state index in [9.17, 15) is 14.0 Å². The number of thiazole rings is 1. The van der Waals surface area contributed by atoms with E-state index in [1.165, 1.54) is 42.0 Å². The number of nitrogens with one attached hydrogen (secondary N) is 1. The van der Waals surface area contributed by atoms with Crippen LogP contribution in [0, 0.1) is 5.82 Å². The molecule has 1 heterocycles. The highest BCUT2D eigenvalue weighted by atomic mass is 32.1. The number of ether oxygens (including phenoxy) is 1. The van der Waals surface area contributed by atoms with Gasteiger partial charge in [0.1, 0.15) is 10.8 Å². The Morgan fingerprint density at radius 3 is 2.66 bits per heavy atom. The number of aryl methyl sites for hydroxylation is 1. The fourth-order valence-corrected chi connectivity index (χ4v) is 3.48. The molecule has 29 heavy (non-hydrogen) atoms. The smallest absolute Gasteiger partial charge is 0.312 e. The van der Waals surface area contributed by atoms with E-state index in [0.29, 0.717) is 11.4 Å². The molecule has 0 fully saturated rings. The largest absolute Gasteiger partial charge is 0.452 e. The second-order valence-electron chi connectivity index (χ2n) is 6.50. The van der Waals surface area contributed by atoms with Crippen molar-refractivity contribution in [1.82, 2.24) is 4.98 Å². The summed E-state index contributed by atoms with van der Waals surface area (Å²) in [5.41, 5.74) is 3.14. The molecule has 5 nitrogen and oxygen atoms in total. The van der Waals surface area contributed by atoms with Crippen LogP contribution in [0.3, 0.4) is 0 Å². The van der Waals surface area contributed by atoms with Gasteiger partial charge in [-0.25, -0.2) is 9.37 Å². The van der Waals surface area contributed by atoms with Gasteiger partial charge in [0, 0.05) is 16.6 Å². The summed E-state index contributed by atoms with van der Waals surface area (Å²) < 4.78 is 18.4. The molecule has 1 N–H and O–H groups in total. The van der Waals surface area contributed by atoms with Crippen LogP contribution in [0.1, 0.15) is 25.1 Å². The van der Waals surface area contributed by atoms with Gasteiger partial charge >= 0.3 is 5.97 Å². The molecule has 3 aromatic rings. The quantitative estimate of drug-likeness (QED) is 0.575. The van der Waals surface area contributed by atoms with Crippen molar-refractivity contribution in [3.8, 4) is 10.6 Å². The lowest BCUT2D eigenvalue weighted by atomic mass is 10.1. The van der Waals surface area contributed by atoms with Crippen LogP contribution in [0.15, 0.2) is 53.9 Å². The van der Waals surface area contributed by atoms with Crippen LogP contribution in [0.4, 0.5) is 10.1 Å². The molecular formula is C22H21FN2O3S. The molecule has 0 saturated heterocycles. The van der Waals surface area contributed by atoms with Crippen molar-refractivity contribution < 1.29 is 18.7 Å². The number of aromatic nitrogens is 1. The molecule has 2 aromatic carbocycles. The van der Waals surface area contributed by atoms with Gasteiger partial charge in [-0.2, -0.15) is 0 Å². The first-order valence-electron chi connectivity index (χ1n) is 9.24. The first kappa shape index (κ1) is 20.7. The van der Waals surface area contributed by atoms with Crippen LogP contribution >= 0.6 is 11.3 Å². The highest BCUT2D eigenvalue weighted by Crippen LogP contribution is 2.24. The van der Waals surface area contributed by atoms with E-state index in [0.717, 1.165) is 17.0 Å². The van der Waals surface area contributed by atoms with E-state index >= 15 is 0 Å². The summed E-state index contributed by atoms with van der Waals surface area (Å²) in [6.45, 7) is 3.57. The summed E-state index contributed by atoms with van der Waals surface area (Å²) in [5, 5.41) is 5.15. The van der Waals surface area contributed by atoms with Crippen molar-refractivity contribution in [3.63, 3.8) is 0 Å². The second kappa shape index (κ2) is 9.43. The van der Waals surface area contributed by atoms with Gasteiger partial charge in [0.25, 0.3) is 5.91 Å². The summed E-state index contributed by atoms with van der Waals surface area (Å²) >= 11 is 1.45. The van der Waals surface area contributed by atoms with Crippen molar-refractivity contribution in [2.24, 2.45) is 0 Å². The summed E-state index contributed by atoms with van der Waals surface area (Å²) in [5.74, 6) is -1.54. The van der Waals surface area contributed by atoms with Gasteiger partial charge in [-0.15, -0.1) is 11.3 Å². The summed E-state index contributed by atoms with van der Waals surface area (Å²) in [4.78, 5) is 28.8.